The Morgan fingerprint density at radius 3 is 3.00 bits per heavy atom. The van der Waals surface area contributed by atoms with E-state index in [9.17, 15) is 4.79 Å². The van der Waals surface area contributed by atoms with Crippen LogP contribution in [0.5, 0.6) is 0 Å². The number of amides is 1. The number of benzene rings is 1. The van der Waals surface area contributed by atoms with E-state index in [1.54, 1.807) is 19.2 Å². The fraction of sp³-hybridized carbons (Fsp3) is 0.182. The molecule has 0 radical (unpaired) electrons. The van der Waals surface area contributed by atoms with E-state index < -0.39 is 0 Å². The predicted molar refractivity (Wildman–Crippen MR) is 65.4 cm³/mol. The third-order valence-corrected chi connectivity index (χ3v) is 2.70. The number of aromatic nitrogens is 1. The summed E-state index contributed by atoms with van der Waals surface area (Å²) in [6, 6.07) is 5.38. The quantitative estimate of drug-likeness (QED) is 0.780. The summed E-state index contributed by atoms with van der Waals surface area (Å²) in [5.74, 6) is -0.0592. The summed E-state index contributed by atoms with van der Waals surface area (Å²) in [6.45, 7) is 0.264. The summed E-state index contributed by atoms with van der Waals surface area (Å²) in [7, 11) is 1.61. The van der Waals surface area contributed by atoms with Gasteiger partial charge in [-0.25, -0.2) is 0 Å². The van der Waals surface area contributed by atoms with E-state index in [1.807, 2.05) is 16.8 Å². The number of hydrogen-bond donors (Lipinski definition) is 2. The van der Waals surface area contributed by atoms with Crippen LogP contribution in [0.3, 0.4) is 0 Å². The van der Waals surface area contributed by atoms with Gasteiger partial charge in [-0.2, -0.15) is 0 Å². The molecule has 0 spiro atoms. The monoisotopic (exact) mass is 237 g/mol. The molecule has 16 heavy (non-hydrogen) atoms. The zero-order valence-electron chi connectivity index (χ0n) is 8.83. The maximum Gasteiger partial charge on any atom is 0.239 e. The first kappa shape index (κ1) is 10.8. The van der Waals surface area contributed by atoms with Crippen molar-refractivity contribution >= 4 is 34.1 Å². The van der Waals surface area contributed by atoms with E-state index >= 15 is 0 Å². The van der Waals surface area contributed by atoms with E-state index in [-0.39, 0.29) is 12.5 Å². The molecule has 84 valence electrons. The second kappa shape index (κ2) is 4.06. The highest BCUT2D eigenvalue weighted by Gasteiger charge is 2.07. The van der Waals surface area contributed by atoms with Gasteiger partial charge in [0.15, 0.2) is 0 Å². The lowest BCUT2D eigenvalue weighted by Crippen LogP contribution is -2.22. The normalized spacial score (nSPS) is 10.6. The van der Waals surface area contributed by atoms with Gasteiger partial charge in [0.2, 0.25) is 5.91 Å². The molecule has 2 aromatic rings. The number of nitrogens with one attached hydrogen (secondary N) is 1. The van der Waals surface area contributed by atoms with Crippen LogP contribution in [0.4, 0.5) is 5.69 Å². The molecule has 4 nitrogen and oxygen atoms in total. The molecule has 0 aliphatic carbocycles. The van der Waals surface area contributed by atoms with Gasteiger partial charge in [-0.3, -0.25) is 4.79 Å². The first-order chi connectivity index (χ1) is 7.61. The molecule has 0 aliphatic rings. The summed E-state index contributed by atoms with van der Waals surface area (Å²) in [6.07, 6.45) is 1.83. The summed E-state index contributed by atoms with van der Waals surface area (Å²) < 4.78 is 1.82. The summed E-state index contributed by atoms with van der Waals surface area (Å²) in [5, 5.41) is 4.05. The average Bonchev–Trinajstić information content (AvgIpc) is 2.61. The molecular formula is C11H12ClN3O. The number of halogens is 1. The minimum absolute atomic E-state index is 0.0592. The van der Waals surface area contributed by atoms with Crippen LogP contribution in [0.1, 0.15) is 0 Å². The van der Waals surface area contributed by atoms with Crippen molar-refractivity contribution in [2.45, 2.75) is 6.54 Å². The summed E-state index contributed by atoms with van der Waals surface area (Å²) >= 11 is 5.93. The molecule has 1 amide bonds. The molecule has 1 aromatic carbocycles. The van der Waals surface area contributed by atoms with E-state index in [0.717, 1.165) is 10.9 Å². The average molecular weight is 238 g/mol. The molecule has 0 aliphatic heterocycles. The Bertz CT molecular complexity index is 547. The molecule has 1 heterocycles. The molecule has 0 fully saturated rings. The highest BCUT2D eigenvalue weighted by atomic mass is 35.5. The number of rotatable bonds is 2. The molecule has 0 bridgehead atoms. The lowest BCUT2D eigenvalue weighted by molar-refractivity contribution is -0.121. The van der Waals surface area contributed by atoms with E-state index in [1.165, 1.54) is 0 Å². The van der Waals surface area contributed by atoms with Crippen molar-refractivity contribution in [1.82, 2.24) is 9.88 Å². The lowest BCUT2D eigenvalue weighted by atomic mass is 10.2. The number of carbonyl (C=O) groups excluding carboxylic acids is 1. The topological polar surface area (TPSA) is 60.0 Å². The maximum absolute atomic E-state index is 11.3. The third kappa shape index (κ3) is 1.84. The van der Waals surface area contributed by atoms with Crippen molar-refractivity contribution < 1.29 is 4.79 Å². The Labute approximate surface area is 98.0 Å². The van der Waals surface area contributed by atoms with Crippen molar-refractivity contribution in [1.29, 1.82) is 0 Å². The second-order valence-electron chi connectivity index (χ2n) is 3.54. The number of carbonyl (C=O) groups is 1. The first-order valence-electron chi connectivity index (χ1n) is 4.86. The third-order valence-electron chi connectivity index (χ3n) is 2.48. The molecule has 0 atom stereocenters. The number of nitrogens with zero attached hydrogens (tertiary/aromatic N) is 1. The standard InChI is InChI=1S/C11H12ClN3O/c1-14-11(16)6-15-3-2-8-9(13)4-7(12)5-10(8)15/h2-5H,6,13H2,1H3,(H,14,16). The Kier molecular flexibility index (Phi) is 2.75. The van der Waals surface area contributed by atoms with E-state index in [4.69, 9.17) is 17.3 Å². The molecule has 0 unspecified atom stereocenters. The number of nitrogen functional groups attached to an aromatic ring is 1. The Hall–Kier alpha value is -1.68. The van der Waals surface area contributed by atoms with Crippen LogP contribution >= 0.6 is 11.6 Å². The molecule has 5 heteroatoms. The molecule has 3 N–H and O–H groups in total. The van der Waals surface area contributed by atoms with Crippen LogP contribution < -0.4 is 11.1 Å². The lowest BCUT2D eigenvalue weighted by Gasteiger charge is -2.05. The van der Waals surface area contributed by atoms with Crippen LogP contribution in [0.2, 0.25) is 5.02 Å². The maximum atomic E-state index is 11.3. The van der Waals surface area contributed by atoms with Gasteiger partial charge < -0.3 is 15.6 Å². The fourth-order valence-electron chi connectivity index (χ4n) is 1.66. The van der Waals surface area contributed by atoms with Crippen LogP contribution in [-0.2, 0) is 11.3 Å². The number of fused-ring (bicyclic) bond motifs is 1. The minimum atomic E-state index is -0.0592. The Balaban J connectivity index is 2.51. The van der Waals surface area contributed by atoms with Crippen LogP contribution in [0.15, 0.2) is 24.4 Å². The zero-order chi connectivity index (χ0) is 11.7. The molecular weight excluding hydrogens is 226 g/mol. The van der Waals surface area contributed by atoms with Crippen molar-refractivity contribution in [3.05, 3.63) is 29.4 Å². The number of hydrogen-bond acceptors (Lipinski definition) is 2. The smallest absolute Gasteiger partial charge is 0.239 e. The van der Waals surface area contributed by atoms with Crippen molar-refractivity contribution in [3.63, 3.8) is 0 Å². The predicted octanol–water partition coefficient (Wildman–Crippen LogP) is 1.62. The highest BCUT2D eigenvalue weighted by Crippen LogP contribution is 2.26. The van der Waals surface area contributed by atoms with Gasteiger partial charge in [-0.15, -0.1) is 0 Å². The van der Waals surface area contributed by atoms with Crippen LogP contribution in [0.25, 0.3) is 10.9 Å². The van der Waals surface area contributed by atoms with Crippen LogP contribution in [-0.4, -0.2) is 17.5 Å². The van der Waals surface area contributed by atoms with E-state index in [2.05, 4.69) is 5.32 Å². The van der Waals surface area contributed by atoms with Crippen LogP contribution in [0, 0.1) is 0 Å². The second-order valence-corrected chi connectivity index (χ2v) is 3.98. The van der Waals surface area contributed by atoms with Gasteiger partial charge in [0.1, 0.15) is 6.54 Å². The molecule has 0 saturated heterocycles. The number of anilines is 1. The largest absolute Gasteiger partial charge is 0.398 e. The molecule has 1 aromatic heterocycles. The molecule has 2 rings (SSSR count). The first-order valence-corrected chi connectivity index (χ1v) is 5.24. The summed E-state index contributed by atoms with van der Waals surface area (Å²) in [5.41, 5.74) is 7.33. The zero-order valence-corrected chi connectivity index (χ0v) is 9.58. The SMILES string of the molecule is CNC(=O)Cn1ccc2c(N)cc(Cl)cc21. The van der Waals surface area contributed by atoms with Crippen molar-refractivity contribution in [2.75, 3.05) is 12.8 Å². The van der Waals surface area contributed by atoms with Gasteiger partial charge in [0.25, 0.3) is 0 Å². The fourth-order valence-corrected chi connectivity index (χ4v) is 1.88. The van der Waals surface area contributed by atoms with Crippen molar-refractivity contribution in [3.8, 4) is 0 Å². The minimum Gasteiger partial charge on any atom is -0.398 e. The van der Waals surface area contributed by atoms with Crippen molar-refractivity contribution in [2.24, 2.45) is 0 Å². The Morgan fingerprint density at radius 2 is 2.31 bits per heavy atom. The summed E-state index contributed by atoms with van der Waals surface area (Å²) in [4.78, 5) is 11.3. The molecule has 0 saturated carbocycles. The van der Waals surface area contributed by atoms with E-state index in [0.29, 0.717) is 10.7 Å². The Morgan fingerprint density at radius 1 is 1.56 bits per heavy atom. The highest BCUT2D eigenvalue weighted by molar-refractivity contribution is 6.31. The number of likely N-dealkylation sites (N-methyl/N-ethyl adjacent to an activating group) is 1. The number of nitrogens with two attached hydrogens (primary N) is 1. The van der Waals surface area contributed by atoms with Gasteiger partial charge in [-0.1, -0.05) is 11.6 Å². The van der Waals surface area contributed by atoms with Gasteiger partial charge in [-0.05, 0) is 18.2 Å². The van der Waals surface area contributed by atoms with Gasteiger partial charge >= 0.3 is 0 Å². The van der Waals surface area contributed by atoms with Gasteiger partial charge in [0, 0.05) is 29.3 Å². The van der Waals surface area contributed by atoms with Gasteiger partial charge in [0.05, 0.1) is 5.52 Å².